The van der Waals surface area contributed by atoms with Crippen LogP contribution in [0.15, 0.2) is 34.9 Å². The Morgan fingerprint density at radius 2 is 1.83 bits per heavy atom. The van der Waals surface area contributed by atoms with Crippen LogP contribution in [-0.2, 0) is 11.2 Å². The number of rotatable bonds is 5. The lowest BCUT2D eigenvalue weighted by molar-refractivity contribution is -0.123. The van der Waals surface area contributed by atoms with Crippen molar-refractivity contribution in [3.63, 3.8) is 0 Å². The second-order valence-electron chi connectivity index (χ2n) is 7.57. The minimum Gasteiger partial charge on any atom is -0.444 e. The molecular weight excluding hydrogens is 307 g/mol. The fraction of sp³-hybridized carbons (Fsp3) is 0.474. The molecule has 128 valence electrons. The summed E-state index contributed by atoms with van der Waals surface area (Å²) in [5.74, 6) is 0.323. The van der Waals surface area contributed by atoms with Crippen LogP contribution in [0.2, 0.25) is 0 Å². The summed E-state index contributed by atoms with van der Waals surface area (Å²) in [4.78, 5) is 16.7. The second-order valence-corrected chi connectivity index (χ2v) is 7.57. The number of nitrogens with one attached hydrogen (secondary N) is 1. The van der Waals surface area contributed by atoms with E-state index in [4.69, 9.17) is 4.42 Å². The van der Waals surface area contributed by atoms with Crippen molar-refractivity contribution in [1.82, 2.24) is 10.3 Å². The lowest BCUT2D eigenvalue weighted by atomic mass is 10.0. The van der Waals surface area contributed by atoms with Crippen molar-refractivity contribution in [3.05, 3.63) is 42.0 Å². The number of halogens is 1. The molecule has 0 aliphatic heterocycles. The Bertz CT molecular complexity index is 733. The quantitative estimate of drug-likeness (QED) is 0.906. The topological polar surface area (TPSA) is 55.1 Å². The van der Waals surface area contributed by atoms with E-state index in [0.717, 1.165) is 11.3 Å². The van der Waals surface area contributed by atoms with E-state index in [0.29, 0.717) is 18.9 Å². The number of carbonyl (C=O) groups excluding carboxylic acids is 1. The van der Waals surface area contributed by atoms with E-state index in [1.807, 2.05) is 0 Å². The molecule has 1 aromatic heterocycles. The summed E-state index contributed by atoms with van der Waals surface area (Å²) >= 11 is 0. The third kappa shape index (κ3) is 2.83. The van der Waals surface area contributed by atoms with Crippen LogP contribution in [0, 0.1) is 22.6 Å². The fourth-order valence-corrected chi connectivity index (χ4v) is 3.41. The smallest absolute Gasteiger partial charge is 0.226 e. The molecule has 0 radical (unpaired) electrons. The number of aromatic nitrogens is 1. The molecule has 5 heteroatoms. The first-order valence-corrected chi connectivity index (χ1v) is 8.21. The normalized spacial score (nSPS) is 18.4. The fourth-order valence-electron chi connectivity index (χ4n) is 3.41. The van der Waals surface area contributed by atoms with Gasteiger partial charge < -0.3 is 9.73 Å². The summed E-state index contributed by atoms with van der Waals surface area (Å²) < 4.78 is 18.4. The van der Waals surface area contributed by atoms with E-state index >= 15 is 0 Å². The number of hydrogen-bond acceptors (Lipinski definition) is 3. The highest BCUT2D eigenvalue weighted by molar-refractivity contribution is 5.84. The van der Waals surface area contributed by atoms with E-state index < -0.39 is 0 Å². The van der Waals surface area contributed by atoms with Crippen molar-refractivity contribution in [2.24, 2.45) is 16.7 Å². The number of hydrogen-bond donors (Lipinski definition) is 1. The highest BCUT2D eigenvalue weighted by Gasteiger charge is 2.68. The molecule has 0 spiro atoms. The van der Waals surface area contributed by atoms with Gasteiger partial charge in [0.25, 0.3) is 0 Å². The third-order valence-electron chi connectivity index (χ3n) is 5.61. The van der Waals surface area contributed by atoms with Crippen molar-refractivity contribution in [3.8, 4) is 11.5 Å². The summed E-state index contributed by atoms with van der Waals surface area (Å²) in [6.45, 7) is 9.04. The monoisotopic (exact) mass is 330 g/mol. The van der Waals surface area contributed by atoms with Crippen LogP contribution >= 0.6 is 0 Å². The Kier molecular flexibility index (Phi) is 3.98. The van der Waals surface area contributed by atoms with Gasteiger partial charge in [0.05, 0.1) is 5.69 Å². The Balaban J connectivity index is 1.53. The van der Waals surface area contributed by atoms with E-state index in [1.165, 1.54) is 12.1 Å². The van der Waals surface area contributed by atoms with E-state index in [9.17, 15) is 9.18 Å². The van der Waals surface area contributed by atoms with Crippen molar-refractivity contribution >= 4 is 5.91 Å². The molecule has 0 atom stereocenters. The van der Waals surface area contributed by atoms with Gasteiger partial charge in [-0.05, 0) is 35.1 Å². The first-order valence-electron chi connectivity index (χ1n) is 8.21. The van der Waals surface area contributed by atoms with Crippen LogP contribution < -0.4 is 5.32 Å². The van der Waals surface area contributed by atoms with Crippen molar-refractivity contribution in [2.75, 3.05) is 6.54 Å². The summed E-state index contributed by atoms with van der Waals surface area (Å²) in [6, 6.07) is 6.01. The van der Waals surface area contributed by atoms with Crippen LogP contribution in [0.1, 0.15) is 33.4 Å². The molecule has 0 bridgehead atoms. The van der Waals surface area contributed by atoms with Gasteiger partial charge in [-0.25, -0.2) is 9.37 Å². The zero-order chi connectivity index (χ0) is 17.5. The minimum absolute atomic E-state index is 0.0424. The Morgan fingerprint density at radius 3 is 2.42 bits per heavy atom. The Morgan fingerprint density at radius 1 is 1.21 bits per heavy atom. The molecule has 1 saturated carbocycles. The van der Waals surface area contributed by atoms with Gasteiger partial charge in [0.2, 0.25) is 11.8 Å². The van der Waals surface area contributed by atoms with Gasteiger partial charge in [0.1, 0.15) is 12.1 Å². The maximum atomic E-state index is 12.9. The number of carbonyl (C=O) groups is 1. The Labute approximate surface area is 141 Å². The van der Waals surface area contributed by atoms with Gasteiger partial charge in [0.15, 0.2) is 0 Å². The lowest BCUT2D eigenvalue weighted by Gasteiger charge is -2.04. The number of amides is 1. The van der Waals surface area contributed by atoms with Crippen LogP contribution in [0.5, 0.6) is 0 Å². The molecule has 1 aromatic carbocycles. The van der Waals surface area contributed by atoms with Crippen LogP contribution in [0.25, 0.3) is 11.5 Å². The van der Waals surface area contributed by atoms with Gasteiger partial charge in [-0.2, -0.15) is 0 Å². The largest absolute Gasteiger partial charge is 0.444 e. The zero-order valence-electron chi connectivity index (χ0n) is 14.5. The molecule has 0 unspecified atom stereocenters. The number of nitrogens with zero attached hydrogens (tertiary/aromatic N) is 1. The van der Waals surface area contributed by atoms with Crippen LogP contribution in [0.3, 0.4) is 0 Å². The molecule has 1 amide bonds. The standard InChI is InChI=1S/C19H23FN2O2/c1-18(2)15(19(18,3)4)16(23)21-10-9-14-11-24-17(22-14)12-5-7-13(20)8-6-12/h5-8,11,15H,9-10H2,1-4H3,(H,21,23). The van der Waals surface area contributed by atoms with E-state index in [-0.39, 0.29) is 28.5 Å². The number of oxazole rings is 1. The molecule has 4 nitrogen and oxygen atoms in total. The average Bonchev–Trinajstić information content (AvgIpc) is 2.82. The number of benzene rings is 1. The Hall–Kier alpha value is -2.17. The molecule has 1 aliphatic carbocycles. The molecule has 3 rings (SSSR count). The third-order valence-corrected chi connectivity index (χ3v) is 5.61. The van der Waals surface area contributed by atoms with Gasteiger partial charge in [-0.3, -0.25) is 4.79 Å². The maximum absolute atomic E-state index is 12.9. The second kappa shape index (κ2) is 5.72. The highest BCUT2D eigenvalue weighted by Crippen LogP contribution is 2.68. The van der Waals surface area contributed by atoms with Gasteiger partial charge in [-0.15, -0.1) is 0 Å². The molecule has 0 saturated heterocycles. The van der Waals surface area contributed by atoms with Crippen molar-refractivity contribution < 1.29 is 13.6 Å². The first kappa shape index (κ1) is 16.7. The molecule has 1 N–H and O–H groups in total. The van der Waals surface area contributed by atoms with E-state index in [1.54, 1.807) is 18.4 Å². The molecule has 24 heavy (non-hydrogen) atoms. The molecule has 2 aromatic rings. The van der Waals surface area contributed by atoms with Crippen molar-refractivity contribution in [1.29, 1.82) is 0 Å². The van der Waals surface area contributed by atoms with Crippen LogP contribution in [0.4, 0.5) is 4.39 Å². The zero-order valence-corrected chi connectivity index (χ0v) is 14.5. The molecule has 1 aliphatic rings. The van der Waals surface area contributed by atoms with Crippen molar-refractivity contribution in [2.45, 2.75) is 34.1 Å². The molecule has 1 heterocycles. The van der Waals surface area contributed by atoms with Crippen LogP contribution in [-0.4, -0.2) is 17.4 Å². The van der Waals surface area contributed by atoms with E-state index in [2.05, 4.69) is 38.0 Å². The summed E-state index contributed by atoms with van der Waals surface area (Å²) in [7, 11) is 0. The predicted octanol–water partition coefficient (Wildman–Crippen LogP) is 3.82. The maximum Gasteiger partial charge on any atom is 0.226 e. The van der Waals surface area contributed by atoms with Gasteiger partial charge >= 0.3 is 0 Å². The minimum atomic E-state index is -0.292. The summed E-state index contributed by atoms with van der Waals surface area (Å²) in [5.41, 5.74) is 1.58. The molecular formula is C19H23FN2O2. The summed E-state index contributed by atoms with van der Waals surface area (Å²) in [5, 5.41) is 2.99. The summed E-state index contributed by atoms with van der Waals surface area (Å²) in [6.07, 6.45) is 2.18. The average molecular weight is 330 g/mol. The lowest BCUT2D eigenvalue weighted by Crippen LogP contribution is -2.29. The van der Waals surface area contributed by atoms with Gasteiger partial charge in [-0.1, -0.05) is 27.7 Å². The predicted molar refractivity (Wildman–Crippen MR) is 89.7 cm³/mol. The van der Waals surface area contributed by atoms with Gasteiger partial charge in [0, 0.05) is 24.4 Å². The molecule has 1 fully saturated rings. The highest BCUT2D eigenvalue weighted by atomic mass is 19.1. The SMILES string of the molecule is CC1(C)C(C(=O)NCCc2coc(-c3ccc(F)cc3)n2)C1(C)C. The first-order chi connectivity index (χ1) is 11.2.